The summed E-state index contributed by atoms with van der Waals surface area (Å²) in [7, 11) is 1.43. The summed E-state index contributed by atoms with van der Waals surface area (Å²) in [6, 6.07) is 5.14. The number of halogens is 1. The predicted octanol–water partition coefficient (Wildman–Crippen LogP) is 3.05. The van der Waals surface area contributed by atoms with E-state index in [1.165, 1.54) is 13.2 Å². The van der Waals surface area contributed by atoms with Gasteiger partial charge in [0.05, 0.1) is 13.5 Å². The third kappa shape index (κ3) is 3.79. The van der Waals surface area contributed by atoms with Crippen molar-refractivity contribution in [3.8, 4) is 0 Å². The van der Waals surface area contributed by atoms with Gasteiger partial charge in [0.25, 0.3) is 0 Å². The summed E-state index contributed by atoms with van der Waals surface area (Å²) >= 11 is 0. The van der Waals surface area contributed by atoms with Crippen molar-refractivity contribution in [3.63, 3.8) is 0 Å². The molecule has 1 aromatic rings. The van der Waals surface area contributed by atoms with E-state index >= 15 is 0 Å². The fourth-order valence-electron chi connectivity index (χ4n) is 2.83. The fraction of sp³-hybridized carbons (Fsp3) is 0.562. The van der Waals surface area contributed by atoms with E-state index < -0.39 is 0 Å². The maximum atomic E-state index is 13.1. The second-order valence-electron chi connectivity index (χ2n) is 5.47. The minimum atomic E-state index is -0.198. The lowest BCUT2D eigenvalue weighted by Crippen LogP contribution is -2.40. The highest BCUT2D eigenvalue weighted by Crippen LogP contribution is 2.23. The molecule has 0 bridgehead atoms. The number of rotatable bonds is 4. The van der Waals surface area contributed by atoms with Crippen LogP contribution in [0.25, 0.3) is 0 Å². The largest absolute Gasteiger partial charge is 0.469 e. The van der Waals surface area contributed by atoms with Crippen LogP contribution >= 0.6 is 0 Å². The number of hydrogen-bond donors (Lipinski definition) is 0. The molecule has 1 aliphatic rings. The van der Waals surface area contributed by atoms with Gasteiger partial charge in [-0.2, -0.15) is 0 Å². The van der Waals surface area contributed by atoms with Gasteiger partial charge in [0, 0.05) is 12.6 Å². The molecule has 1 aromatic carbocycles. The number of carbonyl (C=O) groups is 1. The Balaban J connectivity index is 2.06. The smallest absolute Gasteiger partial charge is 0.307 e. The highest BCUT2D eigenvalue weighted by atomic mass is 19.1. The number of methoxy groups -OCH3 is 1. The van der Waals surface area contributed by atoms with Gasteiger partial charge >= 0.3 is 5.97 Å². The molecule has 0 aromatic heterocycles. The molecule has 3 nitrogen and oxygen atoms in total. The Kier molecular flexibility index (Phi) is 5.12. The number of nitrogens with zero attached hydrogens (tertiary/aromatic N) is 1. The van der Waals surface area contributed by atoms with Gasteiger partial charge in [-0.25, -0.2) is 4.39 Å². The third-order valence-corrected chi connectivity index (χ3v) is 4.06. The molecule has 1 aliphatic heterocycles. The third-order valence-electron chi connectivity index (χ3n) is 4.06. The molecule has 1 saturated heterocycles. The molecule has 1 heterocycles. The van der Waals surface area contributed by atoms with Gasteiger partial charge in [-0.05, 0) is 49.6 Å². The molecule has 4 heteroatoms. The maximum absolute atomic E-state index is 13.1. The van der Waals surface area contributed by atoms with Crippen LogP contribution in [0.5, 0.6) is 0 Å². The average Bonchev–Trinajstić information content (AvgIpc) is 2.43. The molecular weight excluding hydrogens is 257 g/mol. The monoisotopic (exact) mass is 279 g/mol. The van der Waals surface area contributed by atoms with E-state index in [1.54, 1.807) is 6.07 Å². The van der Waals surface area contributed by atoms with Crippen molar-refractivity contribution in [2.45, 2.75) is 45.2 Å². The summed E-state index contributed by atoms with van der Waals surface area (Å²) in [5.74, 6) is -0.353. The van der Waals surface area contributed by atoms with Crippen LogP contribution in [-0.4, -0.2) is 30.6 Å². The molecule has 0 saturated carbocycles. The number of esters is 1. The zero-order chi connectivity index (χ0) is 14.5. The average molecular weight is 279 g/mol. The Hall–Kier alpha value is -1.42. The Morgan fingerprint density at radius 1 is 1.45 bits per heavy atom. The molecule has 1 atom stereocenters. The molecule has 0 aliphatic carbocycles. The second-order valence-corrected chi connectivity index (χ2v) is 5.47. The van der Waals surface area contributed by atoms with Crippen molar-refractivity contribution >= 4 is 5.97 Å². The van der Waals surface area contributed by atoms with E-state index in [4.69, 9.17) is 4.74 Å². The number of ether oxygens (including phenoxy) is 1. The van der Waals surface area contributed by atoms with Crippen molar-refractivity contribution < 1.29 is 13.9 Å². The highest BCUT2D eigenvalue weighted by molar-refractivity contribution is 5.69. The van der Waals surface area contributed by atoms with E-state index in [9.17, 15) is 9.18 Å². The van der Waals surface area contributed by atoms with Crippen molar-refractivity contribution in [2.75, 3.05) is 13.7 Å². The summed E-state index contributed by atoms with van der Waals surface area (Å²) < 4.78 is 17.9. The first kappa shape index (κ1) is 15.0. The molecular formula is C16H22FNO2. The quantitative estimate of drug-likeness (QED) is 0.793. The normalized spacial score (nSPS) is 19.9. The minimum absolute atomic E-state index is 0.155. The van der Waals surface area contributed by atoms with Gasteiger partial charge in [0.15, 0.2) is 0 Å². The number of piperidine rings is 1. The Morgan fingerprint density at radius 3 is 2.95 bits per heavy atom. The number of carbonyl (C=O) groups excluding carboxylic acids is 1. The summed E-state index contributed by atoms with van der Waals surface area (Å²) in [5, 5.41) is 0. The first-order valence-corrected chi connectivity index (χ1v) is 7.16. The standard InChI is InChI=1S/C16H22FNO2/c1-12-9-14(17)7-6-13(12)11-18-8-4-3-5-15(18)10-16(19)20-2/h6-7,9,15H,3-5,8,10-11H2,1-2H3. The van der Waals surface area contributed by atoms with E-state index in [1.807, 2.05) is 13.0 Å². The summed E-state index contributed by atoms with van der Waals surface area (Å²) in [6.45, 7) is 3.68. The maximum Gasteiger partial charge on any atom is 0.307 e. The topological polar surface area (TPSA) is 29.5 Å². The van der Waals surface area contributed by atoms with Crippen LogP contribution in [0.1, 0.15) is 36.8 Å². The number of hydrogen-bond acceptors (Lipinski definition) is 3. The van der Waals surface area contributed by atoms with E-state index in [2.05, 4.69) is 4.90 Å². The zero-order valence-corrected chi connectivity index (χ0v) is 12.2. The van der Waals surface area contributed by atoms with Gasteiger partial charge in [-0.3, -0.25) is 9.69 Å². The van der Waals surface area contributed by atoms with Gasteiger partial charge in [-0.1, -0.05) is 12.5 Å². The van der Waals surface area contributed by atoms with Gasteiger partial charge in [0.2, 0.25) is 0 Å². The number of benzene rings is 1. The van der Waals surface area contributed by atoms with Gasteiger partial charge in [0.1, 0.15) is 5.82 Å². The van der Waals surface area contributed by atoms with Crippen LogP contribution < -0.4 is 0 Å². The lowest BCUT2D eigenvalue weighted by atomic mass is 9.97. The molecule has 110 valence electrons. The lowest BCUT2D eigenvalue weighted by Gasteiger charge is -2.35. The van der Waals surface area contributed by atoms with Crippen molar-refractivity contribution in [1.29, 1.82) is 0 Å². The first-order chi connectivity index (χ1) is 9.60. The summed E-state index contributed by atoms with van der Waals surface area (Å²) in [5.41, 5.74) is 2.09. The zero-order valence-electron chi connectivity index (χ0n) is 12.2. The van der Waals surface area contributed by atoms with Crippen LogP contribution in [0, 0.1) is 12.7 Å². The Morgan fingerprint density at radius 2 is 2.25 bits per heavy atom. The molecule has 0 N–H and O–H groups in total. The Bertz CT molecular complexity index is 476. The first-order valence-electron chi connectivity index (χ1n) is 7.16. The van der Waals surface area contributed by atoms with Crippen molar-refractivity contribution in [2.24, 2.45) is 0 Å². The molecule has 0 radical (unpaired) electrons. The summed E-state index contributed by atoms with van der Waals surface area (Å²) in [6.07, 6.45) is 3.77. The summed E-state index contributed by atoms with van der Waals surface area (Å²) in [4.78, 5) is 13.8. The number of likely N-dealkylation sites (tertiary alicyclic amines) is 1. The lowest BCUT2D eigenvalue weighted by molar-refractivity contribution is -0.142. The van der Waals surface area contributed by atoms with E-state index in [-0.39, 0.29) is 17.8 Å². The fourth-order valence-corrected chi connectivity index (χ4v) is 2.83. The van der Waals surface area contributed by atoms with Gasteiger partial charge in [-0.15, -0.1) is 0 Å². The predicted molar refractivity (Wildman–Crippen MR) is 75.8 cm³/mol. The van der Waals surface area contributed by atoms with Crippen LogP contribution in [0.4, 0.5) is 4.39 Å². The highest BCUT2D eigenvalue weighted by Gasteiger charge is 2.25. The molecule has 2 rings (SSSR count). The Labute approximate surface area is 119 Å². The number of aryl methyl sites for hydroxylation is 1. The van der Waals surface area contributed by atoms with E-state index in [0.717, 1.165) is 43.5 Å². The molecule has 0 amide bonds. The van der Waals surface area contributed by atoms with Crippen molar-refractivity contribution in [1.82, 2.24) is 4.90 Å². The molecule has 0 spiro atoms. The van der Waals surface area contributed by atoms with E-state index in [0.29, 0.717) is 6.42 Å². The van der Waals surface area contributed by atoms with Crippen LogP contribution in [-0.2, 0) is 16.1 Å². The molecule has 20 heavy (non-hydrogen) atoms. The molecule has 1 fully saturated rings. The SMILES string of the molecule is COC(=O)CC1CCCCN1Cc1ccc(F)cc1C. The second kappa shape index (κ2) is 6.84. The van der Waals surface area contributed by atoms with Crippen molar-refractivity contribution in [3.05, 3.63) is 35.1 Å². The van der Waals surface area contributed by atoms with Crippen LogP contribution in [0.3, 0.4) is 0 Å². The molecule has 1 unspecified atom stereocenters. The van der Waals surface area contributed by atoms with Crippen LogP contribution in [0.15, 0.2) is 18.2 Å². The minimum Gasteiger partial charge on any atom is -0.469 e. The van der Waals surface area contributed by atoms with Crippen LogP contribution in [0.2, 0.25) is 0 Å². The van der Waals surface area contributed by atoms with Gasteiger partial charge < -0.3 is 4.74 Å².